The number of H-pyrrole nitrogens is 2. The number of nitrogens with one attached hydrogen (secondary N) is 2. The maximum atomic E-state index is 13.4. The lowest BCUT2D eigenvalue weighted by Crippen LogP contribution is -2.38. The van der Waals surface area contributed by atoms with Gasteiger partial charge in [0.1, 0.15) is 16.5 Å². The molecular weight excluding hydrogens is 717 g/mol. The van der Waals surface area contributed by atoms with Crippen LogP contribution < -0.4 is 21.0 Å². The molecule has 3 heterocycles. The molecule has 2 aromatic carbocycles. The van der Waals surface area contributed by atoms with Crippen molar-refractivity contribution in [3.05, 3.63) is 122 Å². The number of imidazole rings is 1. The molecule has 5 rings (SSSR count). The Balaban J connectivity index is 1.32. The number of esters is 1. The highest BCUT2D eigenvalue weighted by Crippen LogP contribution is 2.23. The Morgan fingerprint density at radius 2 is 1.78 bits per heavy atom. The Labute approximate surface area is 312 Å². The van der Waals surface area contributed by atoms with Gasteiger partial charge in [0.2, 0.25) is 12.7 Å². The minimum Gasteiger partial charge on any atom is -0.481 e. The predicted octanol–water partition coefficient (Wildman–Crippen LogP) is 2.80. The van der Waals surface area contributed by atoms with E-state index in [-0.39, 0.29) is 59.9 Å². The van der Waals surface area contributed by atoms with Crippen molar-refractivity contribution in [2.45, 2.75) is 64.3 Å². The van der Waals surface area contributed by atoms with Gasteiger partial charge in [-0.25, -0.2) is 23.8 Å². The molecule has 0 spiro atoms. The first kappa shape index (κ1) is 39.4. The number of aryl methyl sites for hydroxylation is 1. The standard InChI is InChI=1S/C38H38FN7O9/c1-38(2,3)34-27(40-20-41-34)18-29-36(55-21-54-32(49)9-5-8-26-19-46(45-44-26)30(37(52)53)14-15-31(47)48)43-28(35(51)42-29)17-22-6-4-7-24(16-22)33(50)23-10-12-25(39)13-11-23/h4,6-7,10-13,16-20,30H,5,8-9,14-15,21H2,1-3H3,(H,40,41)(H,42,51)(H,47,48)(H,52,53)/b28-17-,29-18-. The zero-order valence-electron chi connectivity index (χ0n) is 30.1. The summed E-state index contributed by atoms with van der Waals surface area (Å²) in [6.07, 6.45) is 5.91. The summed E-state index contributed by atoms with van der Waals surface area (Å²) in [6.45, 7) is 5.40. The number of nitrogens with zero attached hydrogens (tertiary/aromatic N) is 5. The van der Waals surface area contributed by atoms with Gasteiger partial charge in [0.05, 0.1) is 17.7 Å². The molecule has 286 valence electrons. The fourth-order valence-corrected chi connectivity index (χ4v) is 5.46. The molecule has 0 saturated heterocycles. The van der Waals surface area contributed by atoms with Crippen molar-refractivity contribution in [2.75, 3.05) is 6.79 Å². The smallest absolute Gasteiger partial charge is 0.328 e. The molecule has 0 radical (unpaired) electrons. The molecule has 0 saturated carbocycles. The summed E-state index contributed by atoms with van der Waals surface area (Å²) in [7, 11) is 0. The summed E-state index contributed by atoms with van der Waals surface area (Å²) >= 11 is 0. The van der Waals surface area contributed by atoms with Crippen LogP contribution in [-0.4, -0.2) is 75.6 Å². The summed E-state index contributed by atoms with van der Waals surface area (Å²) < 4.78 is 25.6. The first-order valence-electron chi connectivity index (χ1n) is 17.1. The second kappa shape index (κ2) is 17.4. The fraction of sp³-hybridized carbons (Fsp3) is 0.289. The molecule has 3 aromatic heterocycles. The van der Waals surface area contributed by atoms with Crippen molar-refractivity contribution in [1.82, 2.24) is 34.9 Å². The molecule has 5 aromatic rings. The highest BCUT2D eigenvalue weighted by molar-refractivity contribution is 6.09. The number of aliphatic carboxylic acids is 2. The van der Waals surface area contributed by atoms with E-state index in [4.69, 9.17) is 14.6 Å². The van der Waals surface area contributed by atoms with Gasteiger partial charge < -0.3 is 29.7 Å². The molecule has 0 aliphatic rings. The number of aromatic amines is 2. The monoisotopic (exact) mass is 755 g/mol. The van der Waals surface area contributed by atoms with Crippen molar-refractivity contribution < 1.29 is 43.3 Å². The van der Waals surface area contributed by atoms with Gasteiger partial charge >= 0.3 is 17.9 Å². The van der Waals surface area contributed by atoms with E-state index in [1.165, 1.54) is 42.9 Å². The van der Waals surface area contributed by atoms with Crippen LogP contribution in [0.25, 0.3) is 12.2 Å². The van der Waals surface area contributed by atoms with Gasteiger partial charge in [-0.1, -0.05) is 44.2 Å². The SMILES string of the molecule is CC(C)(C)c1[nH]cnc1/C=c1\[nH]c(=O)/c(=C/c2cccc(C(=O)c3ccc(F)cc3)c2)nc1OCOC(=O)CCCc1cn(C(CCC(=O)O)C(=O)O)nn1. The molecule has 0 aliphatic carbocycles. The van der Waals surface area contributed by atoms with Crippen molar-refractivity contribution >= 4 is 35.8 Å². The van der Waals surface area contributed by atoms with Crippen LogP contribution in [0.4, 0.5) is 4.39 Å². The van der Waals surface area contributed by atoms with Crippen LogP contribution in [0.15, 0.2) is 65.8 Å². The number of ether oxygens (including phenoxy) is 2. The number of carboxylic acids is 2. The van der Waals surface area contributed by atoms with Crippen LogP contribution in [0.3, 0.4) is 0 Å². The lowest BCUT2D eigenvalue weighted by Gasteiger charge is -2.17. The Hall–Kier alpha value is -6.78. The normalized spacial score (nSPS) is 12.7. The van der Waals surface area contributed by atoms with Crippen LogP contribution in [-0.2, 0) is 31.0 Å². The molecule has 0 aliphatic heterocycles. The van der Waals surface area contributed by atoms with Crippen LogP contribution in [0, 0.1) is 5.82 Å². The van der Waals surface area contributed by atoms with Crippen molar-refractivity contribution in [3.63, 3.8) is 0 Å². The number of carbonyl (C=O) groups excluding carboxylic acids is 2. The van der Waals surface area contributed by atoms with Crippen LogP contribution in [0.1, 0.15) is 91.1 Å². The zero-order chi connectivity index (χ0) is 39.7. The van der Waals surface area contributed by atoms with E-state index < -0.39 is 42.1 Å². The largest absolute Gasteiger partial charge is 0.481 e. The molecule has 0 amide bonds. The van der Waals surface area contributed by atoms with Crippen LogP contribution >= 0.6 is 0 Å². The van der Waals surface area contributed by atoms with Crippen molar-refractivity contribution in [3.8, 4) is 5.88 Å². The highest BCUT2D eigenvalue weighted by atomic mass is 19.1. The molecular formula is C38H38FN7O9. The summed E-state index contributed by atoms with van der Waals surface area (Å²) in [5, 5.41) is 26.2. The zero-order valence-corrected chi connectivity index (χ0v) is 30.1. The molecule has 1 atom stereocenters. The quantitative estimate of drug-likeness (QED) is 0.0646. The summed E-state index contributed by atoms with van der Waals surface area (Å²) in [6, 6.07) is 10.4. The maximum absolute atomic E-state index is 13.4. The molecule has 16 nitrogen and oxygen atoms in total. The predicted molar refractivity (Wildman–Crippen MR) is 193 cm³/mol. The van der Waals surface area contributed by atoms with Crippen LogP contribution in [0.2, 0.25) is 0 Å². The van der Waals surface area contributed by atoms with Crippen LogP contribution in [0.5, 0.6) is 5.88 Å². The minimum atomic E-state index is -1.24. The van der Waals surface area contributed by atoms with Gasteiger partial charge in [-0.3, -0.25) is 19.2 Å². The minimum absolute atomic E-state index is 0.0517. The number of carboxylic acid groups (broad SMARTS) is 2. The molecule has 55 heavy (non-hydrogen) atoms. The first-order chi connectivity index (χ1) is 26.2. The third-order valence-electron chi connectivity index (χ3n) is 8.21. The lowest BCUT2D eigenvalue weighted by atomic mass is 9.90. The van der Waals surface area contributed by atoms with E-state index in [9.17, 15) is 33.5 Å². The van der Waals surface area contributed by atoms with E-state index in [0.717, 1.165) is 10.4 Å². The number of ketones is 1. The molecule has 0 fully saturated rings. The second-order valence-electron chi connectivity index (χ2n) is 13.4. The van der Waals surface area contributed by atoms with Crippen molar-refractivity contribution in [2.24, 2.45) is 0 Å². The van der Waals surface area contributed by atoms with Gasteiger partial charge in [0.25, 0.3) is 5.56 Å². The number of carbonyl (C=O) groups is 4. The van der Waals surface area contributed by atoms with Gasteiger partial charge in [0.15, 0.2) is 11.8 Å². The van der Waals surface area contributed by atoms with Gasteiger partial charge in [-0.05, 0) is 67.3 Å². The molecule has 0 bridgehead atoms. The van der Waals surface area contributed by atoms with Gasteiger partial charge in [-0.15, -0.1) is 5.10 Å². The Morgan fingerprint density at radius 1 is 1.02 bits per heavy atom. The topological polar surface area (TPSA) is 232 Å². The number of aromatic nitrogens is 7. The lowest BCUT2D eigenvalue weighted by molar-refractivity contribution is -0.150. The van der Waals surface area contributed by atoms with Gasteiger partial charge in [0, 0.05) is 41.3 Å². The Bertz CT molecular complexity index is 2380. The Morgan fingerprint density at radius 3 is 2.49 bits per heavy atom. The molecule has 17 heteroatoms. The van der Waals surface area contributed by atoms with E-state index >= 15 is 0 Å². The van der Waals surface area contributed by atoms with Gasteiger partial charge in [-0.2, -0.15) is 0 Å². The number of hydrogen-bond donors (Lipinski definition) is 4. The number of rotatable bonds is 16. The van der Waals surface area contributed by atoms with E-state index in [0.29, 0.717) is 28.1 Å². The fourth-order valence-electron chi connectivity index (χ4n) is 5.46. The average molecular weight is 756 g/mol. The summed E-state index contributed by atoms with van der Waals surface area (Å²) in [5.41, 5.74) is 1.87. The molecule has 4 N–H and O–H groups in total. The highest BCUT2D eigenvalue weighted by Gasteiger charge is 2.23. The third kappa shape index (κ3) is 10.6. The Kier molecular flexibility index (Phi) is 12.4. The number of halogens is 1. The number of benzene rings is 2. The number of hydrogen-bond acceptors (Lipinski definition) is 11. The first-order valence-corrected chi connectivity index (χ1v) is 17.1. The average Bonchev–Trinajstić information content (AvgIpc) is 3.80. The third-order valence-corrected chi connectivity index (χ3v) is 8.21. The molecule has 1 unspecified atom stereocenters. The second-order valence-corrected chi connectivity index (χ2v) is 13.4. The van der Waals surface area contributed by atoms with Crippen molar-refractivity contribution in [1.29, 1.82) is 0 Å². The summed E-state index contributed by atoms with van der Waals surface area (Å²) in [5.74, 6) is -3.88. The maximum Gasteiger partial charge on any atom is 0.328 e. The van der Waals surface area contributed by atoms with E-state index in [2.05, 4.69) is 30.2 Å². The van der Waals surface area contributed by atoms with E-state index in [1.54, 1.807) is 30.3 Å². The summed E-state index contributed by atoms with van der Waals surface area (Å²) in [4.78, 5) is 76.1. The van der Waals surface area contributed by atoms with E-state index in [1.807, 2.05) is 20.8 Å².